The summed E-state index contributed by atoms with van der Waals surface area (Å²) in [5.41, 5.74) is 0. The molecule has 3 unspecified atom stereocenters. The molecule has 0 heterocycles. The number of aliphatic hydroxyl groups is 1. The van der Waals surface area contributed by atoms with E-state index >= 15 is 0 Å². The SMILES string of the molecule is CC(CO)C(C)NC(C(=O)O)C1CC1. The maximum Gasteiger partial charge on any atom is 0.320 e. The Labute approximate surface area is 84.3 Å². The maximum atomic E-state index is 10.9. The van der Waals surface area contributed by atoms with Crippen molar-refractivity contribution in [1.29, 1.82) is 0 Å². The van der Waals surface area contributed by atoms with Gasteiger partial charge in [-0.3, -0.25) is 4.79 Å². The fourth-order valence-electron chi connectivity index (χ4n) is 1.44. The van der Waals surface area contributed by atoms with E-state index in [1.807, 2.05) is 13.8 Å². The highest BCUT2D eigenvalue weighted by molar-refractivity contribution is 5.74. The van der Waals surface area contributed by atoms with Crippen molar-refractivity contribution in [2.45, 2.75) is 38.8 Å². The quantitative estimate of drug-likeness (QED) is 0.584. The van der Waals surface area contributed by atoms with Crippen molar-refractivity contribution in [3.8, 4) is 0 Å². The minimum atomic E-state index is -0.774. The molecule has 0 aromatic heterocycles. The summed E-state index contributed by atoms with van der Waals surface area (Å²) in [7, 11) is 0. The van der Waals surface area contributed by atoms with E-state index in [-0.39, 0.29) is 18.6 Å². The van der Waals surface area contributed by atoms with Crippen LogP contribution in [0.4, 0.5) is 0 Å². The maximum absolute atomic E-state index is 10.9. The van der Waals surface area contributed by atoms with E-state index in [0.717, 1.165) is 12.8 Å². The molecule has 3 atom stereocenters. The summed E-state index contributed by atoms with van der Waals surface area (Å²) in [4.78, 5) is 10.9. The molecule has 82 valence electrons. The molecule has 1 rings (SSSR count). The molecule has 0 aromatic rings. The number of rotatable bonds is 6. The van der Waals surface area contributed by atoms with Crippen LogP contribution in [0.5, 0.6) is 0 Å². The molecular weight excluding hydrogens is 182 g/mol. The normalized spacial score (nSPS) is 22.8. The van der Waals surface area contributed by atoms with Gasteiger partial charge in [-0.15, -0.1) is 0 Å². The predicted molar refractivity (Wildman–Crippen MR) is 53.0 cm³/mol. The van der Waals surface area contributed by atoms with Gasteiger partial charge in [0.25, 0.3) is 0 Å². The highest BCUT2D eigenvalue weighted by Crippen LogP contribution is 2.33. The lowest BCUT2D eigenvalue weighted by Gasteiger charge is -2.23. The second kappa shape index (κ2) is 4.75. The average Bonchev–Trinajstić information content (AvgIpc) is 2.95. The van der Waals surface area contributed by atoms with Crippen LogP contribution in [-0.4, -0.2) is 34.9 Å². The number of hydrogen-bond donors (Lipinski definition) is 3. The van der Waals surface area contributed by atoms with Crippen LogP contribution in [0.1, 0.15) is 26.7 Å². The Bertz CT molecular complexity index is 204. The van der Waals surface area contributed by atoms with Gasteiger partial charge in [0, 0.05) is 12.6 Å². The zero-order chi connectivity index (χ0) is 10.7. The monoisotopic (exact) mass is 201 g/mol. The van der Waals surface area contributed by atoms with Gasteiger partial charge in [-0.25, -0.2) is 0 Å². The molecule has 0 aliphatic heterocycles. The third-order valence-corrected chi connectivity index (χ3v) is 2.94. The molecule has 0 spiro atoms. The van der Waals surface area contributed by atoms with Crippen LogP contribution in [0.3, 0.4) is 0 Å². The average molecular weight is 201 g/mol. The first-order chi connectivity index (χ1) is 6.56. The summed E-state index contributed by atoms with van der Waals surface area (Å²) in [5, 5.41) is 21.0. The molecule has 0 bridgehead atoms. The first-order valence-corrected chi connectivity index (χ1v) is 5.16. The van der Waals surface area contributed by atoms with Crippen molar-refractivity contribution in [3.63, 3.8) is 0 Å². The van der Waals surface area contributed by atoms with Gasteiger partial charge in [-0.1, -0.05) is 6.92 Å². The minimum absolute atomic E-state index is 0.0432. The number of carbonyl (C=O) groups is 1. The number of carboxylic acids is 1. The van der Waals surface area contributed by atoms with Crippen LogP contribution in [-0.2, 0) is 4.79 Å². The molecule has 0 saturated heterocycles. The third-order valence-electron chi connectivity index (χ3n) is 2.94. The summed E-state index contributed by atoms with van der Waals surface area (Å²) in [6.45, 7) is 3.91. The Morgan fingerprint density at radius 3 is 2.43 bits per heavy atom. The van der Waals surface area contributed by atoms with Crippen molar-refractivity contribution in [3.05, 3.63) is 0 Å². The van der Waals surface area contributed by atoms with E-state index in [9.17, 15) is 4.79 Å². The highest BCUT2D eigenvalue weighted by atomic mass is 16.4. The molecule has 1 saturated carbocycles. The molecular formula is C10H19NO3. The standard InChI is InChI=1S/C10H19NO3/c1-6(5-12)7(2)11-9(10(13)14)8-3-4-8/h6-9,11-12H,3-5H2,1-2H3,(H,13,14). The zero-order valence-corrected chi connectivity index (χ0v) is 8.73. The lowest BCUT2D eigenvalue weighted by Crippen LogP contribution is -2.46. The summed E-state index contributed by atoms with van der Waals surface area (Å²) >= 11 is 0. The Morgan fingerprint density at radius 2 is 2.07 bits per heavy atom. The fourth-order valence-corrected chi connectivity index (χ4v) is 1.44. The summed E-state index contributed by atoms with van der Waals surface area (Å²) in [6.07, 6.45) is 2.01. The van der Waals surface area contributed by atoms with Gasteiger partial charge in [0.15, 0.2) is 0 Å². The van der Waals surface area contributed by atoms with E-state index in [1.54, 1.807) is 0 Å². The van der Waals surface area contributed by atoms with Gasteiger partial charge >= 0.3 is 5.97 Å². The predicted octanol–water partition coefficient (Wildman–Crippen LogP) is 0.456. The van der Waals surface area contributed by atoms with Crippen molar-refractivity contribution in [2.75, 3.05) is 6.61 Å². The van der Waals surface area contributed by atoms with Crippen LogP contribution in [0.15, 0.2) is 0 Å². The summed E-state index contributed by atoms with van der Waals surface area (Å²) < 4.78 is 0. The van der Waals surface area contributed by atoms with Crippen molar-refractivity contribution in [1.82, 2.24) is 5.32 Å². The van der Waals surface area contributed by atoms with Crippen LogP contribution in [0.25, 0.3) is 0 Å². The van der Waals surface area contributed by atoms with E-state index < -0.39 is 12.0 Å². The van der Waals surface area contributed by atoms with Gasteiger partial charge in [-0.05, 0) is 31.6 Å². The molecule has 4 heteroatoms. The summed E-state index contributed by atoms with van der Waals surface area (Å²) in [6, 6.07) is -0.388. The number of aliphatic hydroxyl groups excluding tert-OH is 1. The third kappa shape index (κ3) is 2.96. The van der Waals surface area contributed by atoms with E-state index in [4.69, 9.17) is 10.2 Å². The van der Waals surface area contributed by atoms with E-state index in [0.29, 0.717) is 5.92 Å². The van der Waals surface area contributed by atoms with Crippen LogP contribution >= 0.6 is 0 Å². The molecule has 4 nitrogen and oxygen atoms in total. The molecule has 1 aliphatic carbocycles. The minimum Gasteiger partial charge on any atom is -0.480 e. The highest BCUT2D eigenvalue weighted by Gasteiger charge is 2.37. The van der Waals surface area contributed by atoms with Crippen molar-refractivity contribution >= 4 is 5.97 Å². The first-order valence-electron chi connectivity index (χ1n) is 5.16. The summed E-state index contributed by atoms with van der Waals surface area (Å²) in [5.74, 6) is -0.388. The Balaban J connectivity index is 2.42. The smallest absolute Gasteiger partial charge is 0.320 e. The first kappa shape index (κ1) is 11.5. The molecule has 1 aliphatic rings. The van der Waals surface area contributed by atoms with Crippen LogP contribution in [0.2, 0.25) is 0 Å². The van der Waals surface area contributed by atoms with E-state index in [2.05, 4.69) is 5.32 Å². The number of aliphatic carboxylic acids is 1. The van der Waals surface area contributed by atoms with Gasteiger partial charge in [0.1, 0.15) is 6.04 Å². The Kier molecular flexibility index (Phi) is 3.89. The molecule has 3 N–H and O–H groups in total. The van der Waals surface area contributed by atoms with Gasteiger partial charge in [0.2, 0.25) is 0 Å². The number of nitrogens with one attached hydrogen (secondary N) is 1. The Morgan fingerprint density at radius 1 is 1.50 bits per heavy atom. The largest absolute Gasteiger partial charge is 0.480 e. The number of hydrogen-bond acceptors (Lipinski definition) is 3. The van der Waals surface area contributed by atoms with Gasteiger partial charge < -0.3 is 15.5 Å². The molecule has 0 radical (unpaired) electrons. The second-order valence-corrected chi connectivity index (χ2v) is 4.27. The molecule has 0 amide bonds. The lowest BCUT2D eigenvalue weighted by molar-refractivity contribution is -0.140. The van der Waals surface area contributed by atoms with Gasteiger partial charge in [-0.2, -0.15) is 0 Å². The van der Waals surface area contributed by atoms with Crippen molar-refractivity contribution in [2.24, 2.45) is 11.8 Å². The number of carboxylic acid groups (broad SMARTS) is 1. The molecule has 0 aromatic carbocycles. The lowest BCUT2D eigenvalue weighted by atomic mass is 10.0. The Hall–Kier alpha value is -0.610. The zero-order valence-electron chi connectivity index (χ0n) is 8.73. The van der Waals surface area contributed by atoms with Crippen LogP contribution in [0, 0.1) is 11.8 Å². The topological polar surface area (TPSA) is 69.6 Å². The second-order valence-electron chi connectivity index (χ2n) is 4.27. The molecule has 14 heavy (non-hydrogen) atoms. The fraction of sp³-hybridized carbons (Fsp3) is 0.900. The molecule has 1 fully saturated rings. The van der Waals surface area contributed by atoms with Gasteiger partial charge in [0.05, 0.1) is 0 Å². The van der Waals surface area contributed by atoms with E-state index in [1.165, 1.54) is 0 Å². The van der Waals surface area contributed by atoms with Crippen molar-refractivity contribution < 1.29 is 15.0 Å². The van der Waals surface area contributed by atoms with Crippen LogP contribution < -0.4 is 5.32 Å².